The number of carbonyl (C=O) groups is 1. The summed E-state index contributed by atoms with van der Waals surface area (Å²) in [6.07, 6.45) is 6.56. The second-order valence-corrected chi connectivity index (χ2v) is 2.63. The number of rotatable bonds is 4. The van der Waals surface area contributed by atoms with Crippen LogP contribution in [0.25, 0.3) is 0 Å². The highest BCUT2D eigenvalue weighted by atomic mass is 16.5. The van der Waals surface area contributed by atoms with Crippen LogP contribution < -0.4 is 0 Å². The highest BCUT2D eigenvalue weighted by Gasteiger charge is 2.33. The third-order valence-corrected chi connectivity index (χ3v) is 1.84. The summed E-state index contributed by atoms with van der Waals surface area (Å²) in [6.45, 7) is 0. The van der Waals surface area contributed by atoms with Gasteiger partial charge in [0.15, 0.2) is 0 Å². The first kappa shape index (κ1) is 7.32. The molecule has 0 N–H and O–H groups in total. The first-order valence-electron chi connectivity index (χ1n) is 3.51. The minimum atomic E-state index is 0.601. The van der Waals surface area contributed by atoms with Crippen molar-refractivity contribution in [3.63, 3.8) is 0 Å². The predicted octanol–water partition coefficient (Wildman–Crippen LogP) is 1.37. The largest absolute Gasteiger partial charge is 0.505 e. The van der Waals surface area contributed by atoms with E-state index in [2.05, 4.69) is 0 Å². The van der Waals surface area contributed by atoms with E-state index in [-0.39, 0.29) is 0 Å². The van der Waals surface area contributed by atoms with Gasteiger partial charge in [0.1, 0.15) is 6.29 Å². The van der Waals surface area contributed by atoms with Gasteiger partial charge in [-0.25, -0.2) is 0 Å². The third-order valence-electron chi connectivity index (χ3n) is 1.84. The molecule has 2 heteroatoms. The number of carbonyl (C=O) groups excluding carboxylic acids is 1. The van der Waals surface area contributed by atoms with Gasteiger partial charge in [0.2, 0.25) is 0 Å². The number of aldehydes is 1. The summed E-state index contributed by atoms with van der Waals surface area (Å²) in [4.78, 5) is 10.0. The Kier molecular flexibility index (Phi) is 2.49. The van der Waals surface area contributed by atoms with Crippen molar-refractivity contribution in [1.82, 2.24) is 0 Å². The Labute approximate surface area is 60.9 Å². The Hall–Kier alpha value is -0.790. The maximum absolute atomic E-state index is 10.0. The molecule has 1 rings (SSSR count). The molecule has 0 spiro atoms. The zero-order chi connectivity index (χ0) is 7.40. The first-order valence-corrected chi connectivity index (χ1v) is 3.51. The van der Waals surface area contributed by atoms with E-state index in [1.807, 2.05) is 6.08 Å². The van der Waals surface area contributed by atoms with E-state index >= 15 is 0 Å². The minimum absolute atomic E-state index is 0.601. The molecule has 10 heavy (non-hydrogen) atoms. The Bertz CT molecular complexity index is 140. The topological polar surface area (TPSA) is 26.3 Å². The fourth-order valence-electron chi connectivity index (χ4n) is 1.08. The van der Waals surface area contributed by atoms with Gasteiger partial charge in [-0.3, -0.25) is 0 Å². The summed E-state index contributed by atoms with van der Waals surface area (Å²) in [7, 11) is 1.63. The van der Waals surface area contributed by atoms with Gasteiger partial charge in [-0.1, -0.05) is 0 Å². The molecule has 0 unspecified atom stereocenters. The summed E-state index contributed by atoms with van der Waals surface area (Å²) in [6, 6.07) is 0. The van der Waals surface area contributed by atoms with Crippen molar-refractivity contribution < 1.29 is 9.53 Å². The van der Waals surface area contributed by atoms with Gasteiger partial charge in [0.05, 0.1) is 13.4 Å². The van der Waals surface area contributed by atoms with Gasteiger partial charge in [0, 0.05) is 6.42 Å². The Morgan fingerprint density at radius 1 is 1.70 bits per heavy atom. The average Bonchev–Trinajstić information content (AvgIpc) is 2.65. The Morgan fingerprint density at radius 3 is 3.10 bits per heavy atom. The molecular weight excluding hydrogens is 128 g/mol. The van der Waals surface area contributed by atoms with Crippen LogP contribution in [0.15, 0.2) is 12.3 Å². The molecule has 0 aromatic carbocycles. The summed E-state index contributed by atoms with van der Waals surface area (Å²) in [5.41, 5.74) is 0. The van der Waals surface area contributed by atoms with E-state index in [1.54, 1.807) is 13.4 Å². The quantitative estimate of drug-likeness (QED) is 0.435. The van der Waals surface area contributed by atoms with Crippen LogP contribution in [-0.2, 0) is 9.53 Å². The van der Waals surface area contributed by atoms with E-state index in [0.717, 1.165) is 12.7 Å². The molecule has 0 aromatic rings. The molecule has 1 aliphatic carbocycles. The van der Waals surface area contributed by atoms with Crippen LogP contribution in [0.5, 0.6) is 0 Å². The van der Waals surface area contributed by atoms with Crippen LogP contribution in [0.4, 0.5) is 0 Å². The normalized spacial score (nSPS) is 30.5. The first-order chi connectivity index (χ1) is 4.88. The zero-order valence-electron chi connectivity index (χ0n) is 6.12. The van der Waals surface area contributed by atoms with Crippen LogP contribution in [-0.4, -0.2) is 13.4 Å². The van der Waals surface area contributed by atoms with Crippen molar-refractivity contribution in [3.05, 3.63) is 12.3 Å². The Balaban J connectivity index is 2.12. The maximum Gasteiger partial charge on any atom is 0.120 e. The van der Waals surface area contributed by atoms with Gasteiger partial charge >= 0.3 is 0 Å². The molecule has 2 atom stereocenters. The molecule has 0 amide bonds. The van der Waals surface area contributed by atoms with Gasteiger partial charge in [-0.15, -0.1) is 0 Å². The van der Waals surface area contributed by atoms with Gasteiger partial charge in [-0.05, 0) is 24.3 Å². The van der Waals surface area contributed by atoms with Crippen molar-refractivity contribution in [2.75, 3.05) is 7.11 Å². The van der Waals surface area contributed by atoms with E-state index in [4.69, 9.17) is 4.74 Å². The minimum Gasteiger partial charge on any atom is -0.505 e. The maximum atomic E-state index is 10.0. The van der Waals surface area contributed by atoms with E-state index in [9.17, 15) is 4.79 Å². The lowest BCUT2D eigenvalue weighted by atomic mass is 10.2. The summed E-state index contributed by atoms with van der Waals surface area (Å²) in [5, 5.41) is 0. The van der Waals surface area contributed by atoms with Crippen LogP contribution in [0.3, 0.4) is 0 Å². The van der Waals surface area contributed by atoms with E-state index < -0.39 is 0 Å². The van der Waals surface area contributed by atoms with E-state index in [1.165, 1.54) is 0 Å². The number of allylic oxidation sites excluding steroid dienone is 1. The highest BCUT2D eigenvalue weighted by Crippen LogP contribution is 2.41. The van der Waals surface area contributed by atoms with Gasteiger partial charge < -0.3 is 9.53 Å². The molecule has 0 bridgehead atoms. The average molecular weight is 140 g/mol. The highest BCUT2D eigenvalue weighted by molar-refractivity contribution is 5.50. The molecule has 0 radical (unpaired) electrons. The van der Waals surface area contributed by atoms with Crippen LogP contribution in [0.1, 0.15) is 12.8 Å². The zero-order valence-corrected chi connectivity index (χ0v) is 6.12. The molecule has 2 nitrogen and oxygen atoms in total. The predicted molar refractivity (Wildman–Crippen MR) is 38.4 cm³/mol. The van der Waals surface area contributed by atoms with Crippen LogP contribution >= 0.6 is 0 Å². The molecule has 0 aromatic heterocycles. The lowest BCUT2D eigenvalue weighted by Crippen LogP contribution is -1.80. The molecule has 0 heterocycles. The second-order valence-electron chi connectivity index (χ2n) is 2.63. The Morgan fingerprint density at radius 2 is 2.50 bits per heavy atom. The van der Waals surface area contributed by atoms with Crippen LogP contribution in [0.2, 0.25) is 0 Å². The fraction of sp³-hybridized carbons (Fsp3) is 0.625. The summed E-state index contributed by atoms with van der Waals surface area (Å²) < 4.78 is 4.75. The number of hydrogen-bond donors (Lipinski definition) is 0. The monoisotopic (exact) mass is 140 g/mol. The second kappa shape index (κ2) is 3.40. The summed E-state index contributed by atoms with van der Waals surface area (Å²) >= 11 is 0. The molecular formula is C8H12O2. The molecule has 1 fully saturated rings. The van der Waals surface area contributed by atoms with Crippen molar-refractivity contribution in [2.24, 2.45) is 11.8 Å². The number of methoxy groups -OCH3 is 1. The summed E-state index contributed by atoms with van der Waals surface area (Å²) in [5.74, 6) is 1.20. The molecule has 0 aliphatic heterocycles. The third kappa shape index (κ3) is 1.87. The lowest BCUT2D eigenvalue weighted by molar-refractivity contribution is -0.108. The van der Waals surface area contributed by atoms with Gasteiger partial charge in [0.25, 0.3) is 0 Å². The lowest BCUT2D eigenvalue weighted by Gasteiger charge is -1.86. The van der Waals surface area contributed by atoms with Crippen molar-refractivity contribution >= 4 is 6.29 Å². The molecule has 0 saturated heterocycles. The smallest absolute Gasteiger partial charge is 0.120 e. The van der Waals surface area contributed by atoms with Gasteiger partial charge in [-0.2, -0.15) is 0 Å². The van der Waals surface area contributed by atoms with Crippen molar-refractivity contribution in [2.45, 2.75) is 12.8 Å². The number of ether oxygens (including phenoxy) is 1. The number of hydrogen-bond acceptors (Lipinski definition) is 2. The standard InChI is InChI=1S/C8H12O2/c1-10-5-3-8-6-7(8)2-4-9/h3-5,7-8H,2,6H2,1H3/t7-,8+/m0/s1. The molecule has 56 valence electrons. The van der Waals surface area contributed by atoms with Crippen molar-refractivity contribution in [1.29, 1.82) is 0 Å². The molecule has 1 aliphatic rings. The van der Waals surface area contributed by atoms with Crippen molar-refractivity contribution in [3.8, 4) is 0 Å². The fourth-order valence-corrected chi connectivity index (χ4v) is 1.08. The van der Waals surface area contributed by atoms with Crippen LogP contribution in [0, 0.1) is 11.8 Å². The van der Waals surface area contributed by atoms with E-state index in [0.29, 0.717) is 18.3 Å². The SMILES string of the molecule is COC=C[C@@H]1C[C@@H]1CC=O. The molecule has 1 saturated carbocycles.